The first kappa shape index (κ1) is 12.3. The number of Topliss-reactive ketones (excluding diaryl/α,β-unsaturated/α-hetero) is 1. The number of rotatable bonds is 3. The maximum Gasteiger partial charge on any atom is 0.322 e. The lowest BCUT2D eigenvalue weighted by molar-refractivity contribution is -0.135. The molecule has 6 heteroatoms. The molecule has 1 aliphatic carbocycles. The Kier molecular flexibility index (Phi) is 3.18. The normalized spacial score (nSPS) is 14.2. The van der Waals surface area contributed by atoms with Crippen LogP contribution in [0.3, 0.4) is 0 Å². The fraction of sp³-hybridized carbons (Fsp3) is 0.417. The van der Waals surface area contributed by atoms with E-state index >= 15 is 0 Å². The maximum absolute atomic E-state index is 11.7. The van der Waals surface area contributed by atoms with Crippen LogP contribution in [0.15, 0.2) is 4.42 Å². The van der Waals surface area contributed by atoms with Gasteiger partial charge in [-0.15, -0.1) is 0 Å². The van der Waals surface area contributed by atoms with Gasteiger partial charge in [-0.1, -0.05) is 0 Å². The predicted molar refractivity (Wildman–Crippen MR) is 60.7 cm³/mol. The zero-order chi connectivity index (χ0) is 13.3. The van der Waals surface area contributed by atoms with Crippen molar-refractivity contribution in [2.24, 2.45) is 0 Å². The summed E-state index contributed by atoms with van der Waals surface area (Å²) in [4.78, 5) is 33.8. The first-order valence-corrected chi connectivity index (χ1v) is 5.66. The van der Waals surface area contributed by atoms with Crippen molar-refractivity contribution in [2.75, 3.05) is 6.54 Å². The van der Waals surface area contributed by atoms with Crippen molar-refractivity contribution in [3.8, 4) is 0 Å². The number of hydrogen-bond donors (Lipinski definition) is 2. The summed E-state index contributed by atoms with van der Waals surface area (Å²) in [6.07, 6.45) is 1.81. The van der Waals surface area contributed by atoms with E-state index in [4.69, 9.17) is 9.52 Å². The van der Waals surface area contributed by atoms with E-state index in [0.717, 1.165) is 6.42 Å². The summed E-state index contributed by atoms with van der Waals surface area (Å²) < 4.78 is 5.38. The van der Waals surface area contributed by atoms with E-state index in [0.29, 0.717) is 29.7 Å². The van der Waals surface area contributed by atoms with Crippen molar-refractivity contribution < 1.29 is 23.9 Å². The van der Waals surface area contributed by atoms with Crippen LogP contribution < -0.4 is 5.32 Å². The van der Waals surface area contributed by atoms with Gasteiger partial charge < -0.3 is 14.8 Å². The number of aliphatic carboxylic acids is 1. The van der Waals surface area contributed by atoms with Gasteiger partial charge in [-0.2, -0.15) is 0 Å². The van der Waals surface area contributed by atoms with E-state index in [1.54, 1.807) is 6.92 Å². The van der Waals surface area contributed by atoms with Crippen molar-refractivity contribution in [1.29, 1.82) is 0 Å². The largest absolute Gasteiger partial charge is 0.480 e. The lowest BCUT2D eigenvalue weighted by Gasteiger charge is -2.07. The number of carbonyl (C=O) groups is 3. The van der Waals surface area contributed by atoms with E-state index in [-0.39, 0.29) is 11.5 Å². The fourth-order valence-corrected chi connectivity index (χ4v) is 2.10. The van der Waals surface area contributed by atoms with Gasteiger partial charge in [-0.25, -0.2) is 0 Å². The zero-order valence-corrected chi connectivity index (χ0v) is 9.91. The van der Waals surface area contributed by atoms with Crippen LogP contribution >= 0.6 is 0 Å². The highest BCUT2D eigenvalue weighted by molar-refractivity contribution is 6.03. The first-order valence-electron chi connectivity index (χ1n) is 5.66. The molecule has 6 nitrogen and oxygen atoms in total. The second kappa shape index (κ2) is 4.64. The molecule has 0 unspecified atom stereocenters. The summed E-state index contributed by atoms with van der Waals surface area (Å²) in [5.74, 6) is -1.18. The molecule has 2 N–H and O–H groups in total. The van der Waals surface area contributed by atoms with Crippen molar-refractivity contribution in [3.63, 3.8) is 0 Å². The van der Waals surface area contributed by atoms with Gasteiger partial charge in [-0.3, -0.25) is 14.4 Å². The Bertz CT molecular complexity index is 529. The number of furan rings is 1. The molecule has 1 aliphatic rings. The molecular formula is C12H13NO5. The van der Waals surface area contributed by atoms with Crippen molar-refractivity contribution >= 4 is 17.7 Å². The third kappa shape index (κ3) is 2.13. The Hall–Kier alpha value is -2.11. The molecule has 0 radical (unpaired) electrons. The van der Waals surface area contributed by atoms with Crippen LogP contribution in [-0.2, 0) is 11.2 Å². The molecule has 1 heterocycles. The highest BCUT2D eigenvalue weighted by atomic mass is 16.4. The zero-order valence-electron chi connectivity index (χ0n) is 9.91. The van der Waals surface area contributed by atoms with Crippen molar-refractivity contribution in [1.82, 2.24) is 5.32 Å². The lowest BCUT2D eigenvalue weighted by atomic mass is 9.94. The number of fused-ring (bicyclic) bond motifs is 1. The minimum atomic E-state index is -1.13. The molecule has 0 saturated heterocycles. The van der Waals surface area contributed by atoms with Gasteiger partial charge in [0.05, 0.1) is 5.56 Å². The van der Waals surface area contributed by atoms with Gasteiger partial charge in [0.15, 0.2) is 11.5 Å². The number of carboxylic acids is 1. The molecule has 0 saturated carbocycles. The smallest absolute Gasteiger partial charge is 0.322 e. The number of aryl methyl sites for hydroxylation is 1. The van der Waals surface area contributed by atoms with Gasteiger partial charge in [0.1, 0.15) is 12.3 Å². The van der Waals surface area contributed by atoms with Gasteiger partial charge in [-0.05, 0) is 13.3 Å². The SMILES string of the molecule is Cc1c(C(=O)NCC(=O)O)oc2c1C(=O)CCC2. The molecule has 1 amide bonds. The highest BCUT2D eigenvalue weighted by Gasteiger charge is 2.28. The van der Waals surface area contributed by atoms with E-state index in [1.165, 1.54) is 0 Å². The maximum atomic E-state index is 11.7. The lowest BCUT2D eigenvalue weighted by Crippen LogP contribution is -2.29. The van der Waals surface area contributed by atoms with Crippen molar-refractivity contribution in [2.45, 2.75) is 26.2 Å². The topological polar surface area (TPSA) is 96.6 Å². The molecule has 0 spiro atoms. The number of amides is 1. The van der Waals surface area contributed by atoms with Crippen LogP contribution in [0, 0.1) is 6.92 Å². The van der Waals surface area contributed by atoms with Crippen LogP contribution in [0.25, 0.3) is 0 Å². The number of hydrogen-bond acceptors (Lipinski definition) is 4. The molecule has 18 heavy (non-hydrogen) atoms. The van der Waals surface area contributed by atoms with Crippen LogP contribution in [0.4, 0.5) is 0 Å². The number of ketones is 1. The molecule has 2 rings (SSSR count). The second-order valence-electron chi connectivity index (χ2n) is 4.21. The van der Waals surface area contributed by atoms with E-state index in [9.17, 15) is 14.4 Å². The van der Waals surface area contributed by atoms with Gasteiger partial charge in [0.2, 0.25) is 0 Å². The molecule has 96 valence electrons. The van der Waals surface area contributed by atoms with Crippen LogP contribution in [0.1, 0.15) is 45.1 Å². The van der Waals surface area contributed by atoms with Crippen LogP contribution in [0.5, 0.6) is 0 Å². The standard InChI is InChI=1S/C12H13NO5/c1-6-10-7(14)3-2-4-8(10)18-11(6)12(17)13-5-9(15)16/h2-5H2,1H3,(H,13,17)(H,15,16). The Labute approximate surface area is 103 Å². The minimum absolute atomic E-state index is 0.0187. The highest BCUT2D eigenvalue weighted by Crippen LogP contribution is 2.29. The van der Waals surface area contributed by atoms with Crippen LogP contribution in [0.2, 0.25) is 0 Å². The van der Waals surface area contributed by atoms with E-state index in [2.05, 4.69) is 5.32 Å². The number of nitrogens with one attached hydrogen (secondary N) is 1. The summed E-state index contributed by atoms with van der Waals surface area (Å²) in [7, 11) is 0. The molecule has 1 aromatic rings. The summed E-state index contributed by atoms with van der Waals surface area (Å²) in [5.41, 5.74) is 0.985. The summed E-state index contributed by atoms with van der Waals surface area (Å²) >= 11 is 0. The van der Waals surface area contributed by atoms with Crippen molar-refractivity contribution in [3.05, 3.63) is 22.6 Å². The monoisotopic (exact) mass is 251 g/mol. The molecular weight excluding hydrogens is 238 g/mol. The molecule has 0 aliphatic heterocycles. The van der Waals surface area contributed by atoms with E-state index in [1.807, 2.05) is 0 Å². The average molecular weight is 251 g/mol. The Balaban J connectivity index is 2.27. The third-order valence-electron chi connectivity index (χ3n) is 2.91. The number of carbonyl (C=O) groups excluding carboxylic acids is 2. The molecule has 1 aromatic heterocycles. The summed E-state index contributed by atoms with van der Waals surface area (Å²) in [5, 5.41) is 10.7. The van der Waals surface area contributed by atoms with E-state index < -0.39 is 18.4 Å². The summed E-state index contributed by atoms with van der Waals surface area (Å²) in [6, 6.07) is 0. The molecule has 0 fully saturated rings. The van der Waals surface area contributed by atoms with Gasteiger partial charge >= 0.3 is 5.97 Å². The Morgan fingerprint density at radius 2 is 2.11 bits per heavy atom. The quantitative estimate of drug-likeness (QED) is 0.832. The fourth-order valence-electron chi connectivity index (χ4n) is 2.10. The Morgan fingerprint density at radius 3 is 2.72 bits per heavy atom. The second-order valence-corrected chi connectivity index (χ2v) is 4.21. The van der Waals surface area contributed by atoms with Gasteiger partial charge in [0, 0.05) is 18.4 Å². The van der Waals surface area contributed by atoms with Crippen LogP contribution in [-0.4, -0.2) is 29.3 Å². The van der Waals surface area contributed by atoms with Gasteiger partial charge in [0.25, 0.3) is 5.91 Å². The summed E-state index contributed by atoms with van der Waals surface area (Å²) in [6.45, 7) is 1.17. The average Bonchev–Trinajstić information content (AvgIpc) is 2.65. The third-order valence-corrected chi connectivity index (χ3v) is 2.91. The molecule has 0 aromatic carbocycles. The Morgan fingerprint density at radius 1 is 1.39 bits per heavy atom. The predicted octanol–water partition coefficient (Wildman–Crippen LogP) is 0.921. The molecule has 0 bridgehead atoms. The number of carboxylic acid groups (broad SMARTS) is 1. The first-order chi connectivity index (χ1) is 8.50. The molecule has 0 atom stereocenters. The minimum Gasteiger partial charge on any atom is -0.480 e.